The van der Waals surface area contributed by atoms with Crippen LogP contribution in [0.25, 0.3) is 5.69 Å². The third-order valence-corrected chi connectivity index (χ3v) is 6.42. The molecule has 0 radical (unpaired) electrons. The van der Waals surface area contributed by atoms with Crippen LogP contribution in [0.5, 0.6) is 0 Å². The average Bonchev–Trinajstić information content (AvgIpc) is 3.26. The van der Waals surface area contributed by atoms with E-state index < -0.39 is 11.6 Å². The molecule has 0 fully saturated rings. The van der Waals surface area contributed by atoms with Gasteiger partial charge in [0.05, 0.1) is 23.7 Å². The monoisotopic (exact) mass is 421 g/mol. The summed E-state index contributed by atoms with van der Waals surface area (Å²) in [5.74, 6) is -1.14. The number of aromatic nitrogens is 4. The Kier molecular flexibility index (Phi) is 5.40. The van der Waals surface area contributed by atoms with Gasteiger partial charge in [0.15, 0.2) is 4.34 Å². The first kappa shape index (κ1) is 19.0. The molecular formula is C18H17F2N5OS2. The molecule has 10 heteroatoms. The minimum absolute atomic E-state index is 0.0970. The topological polar surface area (TPSA) is 72.7 Å². The third-order valence-electron chi connectivity index (χ3n) is 4.44. The standard InChI is InChI=1S/C18H17F2N5OS2/c1-10-23-24-18(28-10)27-9-17(26)22-15-3-2-4-16-14(15)8-21-25(16)13-6-11(19)5-12(20)7-13/h5-8,15H,2-4,9H2,1H3,(H,22,26)/t15-/m1/s1. The third kappa shape index (κ3) is 4.07. The highest BCUT2D eigenvalue weighted by Crippen LogP contribution is 2.31. The van der Waals surface area contributed by atoms with Gasteiger partial charge in [-0.25, -0.2) is 13.5 Å². The number of aryl methyl sites for hydroxylation is 1. The summed E-state index contributed by atoms with van der Waals surface area (Å²) >= 11 is 2.81. The molecule has 6 nitrogen and oxygen atoms in total. The number of hydrogen-bond donors (Lipinski definition) is 1. The number of halogens is 2. The van der Waals surface area contributed by atoms with E-state index >= 15 is 0 Å². The quantitative estimate of drug-likeness (QED) is 0.638. The second-order valence-corrected chi connectivity index (χ2v) is 8.88. The highest BCUT2D eigenvalue weighted by molar-refractivity contribution is 8.01. The number of carbonyl (C=O) groups excluding carboxylic acids is 1. The fourth-order valence-electron chi connectivity index (χ4n) is 3.29. The maximum Gasteiger partial charge on any atom is 0.230 e. The zero-order chi connectivity index (χ0) is 19.7. The fraction of sp³-hybridized carbons (Fsp3) is 0.333. The van der Waals surface area contributed by atoms with E-state index in [2.05, 4.69) is 20.6 Å². The highest BCUT2D eigenvalue weighted by Gasteiger charge is 2.26. The van der Waals surface area contributed by atoms with Crippen molar-refractivity contribution < 1.29 is 13.6 Å². The number of nitrogens with zero attached hydrogens (tertiary/aromatic N) is 4. The molecule has 1 aromatic carbocycles. The largest absolute Gasteiger partial charge is 0.348 e. The molecule has 2 aromatic heterocycles. The molecule has 0 spiro atoms. The zero-order valence-electron chi connectivity index (χ0n) is 15.0. The van der Waals surface area contributed by atoms with Gasteiger partial charge in [0.25, 0.3) is 0 Å². The van der Waals surface area contributed by atoms with Gasteiger partial charge in [0, 0.05) is 17.3 Å². The summed E-state index contributed by atoms with van der Waals surface area (Å²) in [5, 5.41) is 16.1. The Hall–Kier alpha value is -2.33. The smallest absolute Gasteiger partial charge is 0.230 e. The second kappa shape index (κ2) is 7.96. The van der Waals surface area contributed by atoms with Crippen molar-refractivity contribution in [3.8, 4) is 5.69 Å². The van der Waals surface area contributed by atoms with Crippen molar-refractivity contribution >= 4 is 29.0 Å². The first-order chi connectivity index (χ1) is 13.5. The number of benzene rings is 1. The molecule has 1 aliphatic carbocycles. The number of carbonyl (C=O) groups is 1. The molecular weight excluding hydrogens is 404 g/mol. The van der Waals surface area contributed by atoms with Crippen molar-refractivity contribution in [2.75, 3.05) is 5.75 Å². The summed E-state index contributed by atoms with van der Waals surface area (Å²) in [6, 6.07) is 3.16. The molecule has 0 aliphatic heterocycles. The predicted molar refractivity (Wildman–Crippen MR) is 103 cm³/mol. The molecule has 1 aliphatic rings. The van der Waals surface area contributed by atoms with Crippen LogP contribution in [0.3, 0.4) is 0 Å². The van der Waals surface area contributed by atoms with E-state index in [4.69, 9.17) is 0 Å². The van der Waals surface area contributed by atoms with E-state index in [0.717, 1.165) is 45.9 Å². The van der Waals surface area contributed by atoms with Crippen molar-refractivity contribution in [2.45, 2.75) is 36.6 Å². The molecule has 2 heterocycles. The summed E-state index contributed by atoms with van der Waals surface area (Å²) in [6.45, 7) is 1.87. The average molecular weight is 421 g/mol. The van der Waals surface area contributed by atoms with Gasteiger partial charge in [-0.1, -0.05) is 23.1 Å². The molecule has 0 bridgehead atoms. The van der Waals surface area contributed by atoms with Crippen LogP contribution in [0, 0.1) is 18.6 Å². The van der Waals surface area contributed by atoms with Gasteiger partial charge in [-0.2, -0.15) is 5.10 Å². The number of rotatable bonds is 5. The number of fused-ring (bicyclic) bond motifs is 1. The van der Waals surface area contributed by atoms with Gasteiger partial charge in [0.2, 0.25) is 5.91 Å². The summed E-state index contributed by atoms with van der Waals surface area (Å²) in [4.78, 5) is 12.4. The Bertz CT molecular complexity index is 999. The van der Waals surface area contributed by atoms with Gasteiger partial charge in [0.1, 0.15) is 16.6 Å². The summed E-state index contributed by atoms with van der Waals surface area (Å²) < 4.78 is 29.5. The van der Waals surface area contributed by atoms with E-state index in [0.29, 0.717) is 5.69 Å². The summed E-state index contributed by atoms with van der Waals surface area (Å²) in [6.07, 6.45) is 4.05. The van der Waals surface area contributed by atoms with Gasteiger partial charge >= 0.3 is 0 Å². The van der Waals surface area contributed by atoms with Crippen molar-refractivity contribution in [1.29, 1.82) is 0 Å². The van der Waals surface area contributed by atoms with Crippen LogP contribution in [0.1, 0.15) is 35.1 Å². The first-order valence-electron chi connectivity index (χ1n) is 8.75. The minimum Gasteiger partial charge on any atom is -0.348 e. The van der Waals surface area contributed by atoms with E-state index in [1.807, 2.05) is 6.92 Å². The SMILES string of the molecule is Cc1nnc(SCC(=O)N[C@@H]2CCCc3c2cnn3-c2cc(F)cc(F)c2)s1. The molecule has 0 unspecified atom stereocenters. The summed E-state index contributed by atoms with van der Waals surface area (Å²) in [5.41, 5.74) is 2.10. The van der Waals surface area contributed by atoms with Crippen LogP contribution in [0.4, 0.5) is 8.78 Å². The molecule has 0 saturated heterocycles. The number of amides is 1. The Morgan fingerprint density at radius 3 is 2.82 bits per heavy atom. The minimum atomic E-state index is -0.649. The predicted octanol–water partition coefficient (Wildman–Crippen LogP) is 3.60. The van der Waals surface area contributed by atoms with Crippen LogP contribution in [-0.4, -0.2) is 31.6 Å². The second-order valence-electron chi connectivity index (χ2n) is 6.47. The lowest BCUT2D eigenvalue weighted by molar-refractivity contribution is -0.119. The van der Waals surface area contributed by atoms with Gasteiger partial charge in [-0.05, 0) is 38.3 Å². The lowest BCUT2D eigenvalue weighted by Gasteiger charge is -2.24. The Morgan fingerprint density at radius 1 is 1.32 bits per heavy atom. The van der Waals surface area contributed by atoms with Crippen molar-refractivity contribution in [3.63, 3.8) is 0 Å². The van der Waals surface area contributed by atoms with Crippen LogP contribution < -0.4 is 5.32 Å². The number of hydrogen-bond acceptors (Lipinski definition) is 6. The number of thioether (sulfide) groups is 1. The normalized spacial score (nSPS) is 16.0. The molecule has 3 aromatic rings. The Balaban J connectivity index is 1.48. The van der Waals surface area contributed by atoms with Gasteiger partial charge in [-0.3, -0.25) is 4.79 Å². The molecule has 0 saturated carbocycles. The Morgan fingerprint density at radius 2 is 2.11 bits per heavy atom. The lowest BCUT2D eigenvalue weighted by atomic mass is 9.93. The van der Waals surface area contributed by atoms with Crippen molar-refractivity contribution in [2.24, 2.45) is 0 Å². The van der Waals surface area contributed by atoms with Crippen LogP contribution in [-0.2, 0) is 11.2 Å². The molecule has 4 rings (SSSR count). The van der Waals surface area contributed by atoms with E-state index in [-0.39, 0.29) is 17.7 Å². The molecule has 1 amide bonds. The maximum atomic E-state index is 13.6. The fourth-order valence-corrected chi connectivity index (χ4v) is 4.92. The van der Waals surface area contributed by atoms with Crippen LogP contribution in [0.2, 0.25) is 0 Å². The van der Waals surface area contributed by atoms with E-state index in [9.17, 15) is 13.6 Å². The number of nitrogens with one attached hydrogen (secondary N) is 1. The van der Waals surface area contributed by atoms with E-state index in [1.165, 1.54) is 35.2 Å². The van der Waals surface area contributed by atoms with Gasteiger partial charge in [-0.15, -0.1) is 10.2 Å². The highest BCUT2D eigenvalue weighted by atomic mass is 32.2. The molecule has 28 heavy (non-hydrogen) atoms. The van der Waals surface area contributed by atoms with Crippen LogP contribution in [0.15, 0.2) is 28.7 Å². The summed E-state index contributed by atoms with van der Waals surface area (Å²) in [7, 11) is 0. The molecule has 1 atom stereocenters. The van der Waals surface area contributed by atoms with Gasteiger partial charge < -0.3 is 5.32 Å². The van der Waals surface area contributed by atoms with E-state index in [1.54, 1.807) is 10.9 Å². The molecule has 146 valence electrons. The maximum absolute atomic E-state index is 13.6. The van der Waals surface area contributed by atoms with Crippen molar-refractivity contribution in [1.82, 2.24) is 25.3 Å². The first-order valence-corrected chi connectivity index (χ1v) is 10.6. The van der Waals surface area contributed by atoms with Crippen LogP contribution >= 0.6 is 23.1 Å². The zero-order valence-corrected chi connectivity index (χ0v) is 16.6. The lowest BCUT2D eigenvalue weighted by Crippen LogP contribution is -2.32. The van der Waals surface area contributed by atoms with Crippen molar-refractivity contribution in [3.05, 3.63) is 52.3 Å². The Labute approximate surface area is 168 Å². The molecule has 1 N–H and O–H groups in total.